The largest absolute Gasteiger partial charge is 0.467 e. The van der Waals surface area contributed by atoms with Gasteiger partial charge in [-0.3, -0.25) is 4.79 Å². The van der Waals surface area contributed by atoms with Gasteiger partial charge in [-0.1, -0.05) is 12.1 Å². The van der Waals surface area contributed by atoms with Crippen LogP contribution in [0.2, 0.25) is 0 Å². The van der Waals surface area contributed by atoms with Crippen LogP contribution in [0.3, 0.4) is 0 Å². The van der Waals surface area contributed by atoms with Crippen LogP contribution in [0.25, 0.3) is 6.08 Å². The van der Waals surface area contributed by atoms with Crippen LogP contribution in [0.1, 0.15) is 24.3 Å². The molecule has 1 atom stereocenters. The molecule has 0 aliphatic heterocycles. The predicted molar refractivity (Wildman–Crippen MR) is 75.3 cm³/mol. The minimum Gasteiger partial charge on any atom is -0.467 e. The quantitative estimate of drug-likeness (QED) is 0.797. The van der Waals surface area contributed by atoms with E-state index >= 15 is 0 Å². The molecule has 3 nitrogen and oxygen atoms in total. The van der Waals surface area contributed by atoms with Crippen molar-refractivity contribution in [3.8, 4) is 0 Å². The molecule has 0 radical (unpaired) electrons. The van der Waals surface area contributed by atoms with Gasteiger partial charge in [0.15, 0.2) is 0 Å². The average Bonchev–Trinajstić information content (AvgIpc) is 2.97. The second-order valence-corrected chi connectivity index (χ2v) is 4.53. The van der Waals surface area contributed by atoms with Crippen molar-refractivity contribution >= 4 is 12.0 Å². The molecule has 0 saturated carbocycles. The van der Waals surface area contributed by atoms with Crippen molar-refractivity contribution in [3.05, 3.63) is 65.9 Å². The van der Waals surface area contributed by atoms with Gasteiger partial charge in [0, 0.05) is 13.1 Å². The maximum atomic E-state index is 13.0. The Hall–Kier alpha value is -2.36. The molecule has 0 fully saturated rings. The van der Waals surface area contributed by atoms with Gasteiger partial charge < -0.3 is 9.32 Å². The maximum absolute atomic E-state index is 13.0. The highest BCUT2D eigenvalue weighted by molar-refractivity contribution is 5.91. The number of carbonyl (C=O) groups is 1. The normalized spacial score (nSPS) is 12.6. The van der Waals surface area contributed by atoms with Gasteiger partial charge in [0.25, 0.3) is 0 Å². The van der Waals surface area contributed by atoms with Crippen molar-refractivity contribution < 1.29 is 13.6 Å². The van der Waals surface area contributed by atoms with Crippen LogP contribution >= 0.6 is 0 Å². The summed E-state index contributed by atoms with van der Waals surface area (Å²) in [5, 5.41) is 0. The van der Waals surface area contributed by atoms with Crippen molar-refractivity contribution in [2.24, 2.45) is 0 Å². The molecule has 1 unspecified atom stereocenters. The monoisotopic (exact) mass is 273 g/mol. The standard InChI is InChI=1S/C16H16FNO2/c1-12(15-7-4-10-20-15)18(2)16(19)9-8-13-5-3-6-14(17)11-13/h3-12H,1-2H3/b9-8+. The molecule has 1 amide bonds. The number of nitrogens with zero attached hydrogens (tertiary/aromatic N) is 1. The first kappa shape index (κ1) is 14.1. The zero-order valence-electron chi connectivity index (χ0n) is 11.4. The summed E-state index contributed by atoms with van der Waals surface area (Å²) in [7, 11) is 1.70. The molecule has 1 heterocycles. The minimum absolute atomic E-state index is 0.158. The first-order valence-electron chi connectivity index (χ1n) is 6.32. The molecular weight excluding hydrogens is 257 g/mol. The van der Waals surface area contributed by atoms with Crippen LogP contribution in [0.4, 0.5) is 4.39 Å². The Kier molecular flexibility index (Phi) is 4.35. The molecule has 1 aromatic heterocycles. The van der Waals surface area contributed by atoms with E-state index < -0.39 is 0 Å². The summed E-state index contributed by atoms with van der Waals surface area (Å²) < 4.78 is 18.3. The number of rotatable bonds is 4. The van der Waals surface area contributed by atoms with Crippen LogP contribution in [-0.2, 0) is 4.79 Å². The van der Waals surface area contributed by atoms with Gasteiger partial charge in [-0.2, -0.15) is 0 Å². The van der Waals surface area contributed by atoms with E-state index in [9.17, 15) is 9.18 Å². The van der Waals surface area contributed by atoms with Crippen LogP contribution in [0, 0.1) is 5.82 Å². The SMILES string of the molecule is CC(c1ccco1)N(C)C(=O)/C=C/c1cccc(F)c1. The molecule has 104 valence electrons. The second-order valence-electron chi connectivity index (χ2n) is 4.53. The number of hydrogen-bond acceptors (Lipinski definition) is 2. The number of carbonyl (C=O) groups excluding carboxylic acids is 1. The summed E-state index contributed by atoms with van der Waals surface area (Å²) in [5.41, 5.74) is 0.650. The lowest BCUT2D eigenvalue weighted by Gasteiger charge is -2.21. The van der Waals surface area contributed by atoms with E-state index in [1.54, 1.807) is 42.5 Å². The molecule has 2 rings (SSSR count). The smallest absolute Gasteiger partial charge is 0.246 e. The third kappa shape index (κ3) is 3.35. The van der Waals surface area contributed by atoms with Gasteiger partial charge in [0.05, 0.1) is 12.3 Å². The van der Waals surface area contributed by atoms with E-state index in [1.807, 2.05) is 13.0 Å². The van der Waals surface area contributed by atoms with Crippen molar-refractivity contribution in [2.45, 2.75) is 13.0 Å². The highest BCUT2D eigenvalue weighted by Gasteiger charge is 2.17. The molecule has 0 spiro atoms. The van der Waals surface area contributed by atoms with E-state index in [4.69, 9.17) is 4.42 Å². The molecule has 0 N–H and O–H groups in total. The third-order valence-corrected chi connectivity index (χ3v) is 3.15. The molecule has 0 bridgehead atoms. The fourth-order valence-electron chi connectivity index (χ4n) is 1.81. The summed E-state index contributed by atoms with van der Waals surface area (Å²) in [6, 6.07) is 9.54. The van der Waals surface area contributed by atoms with Gasteiger partial charge in [-0.15, -0.1) is 0 Å². The number of furan rings is 1. The topological polar surface area (TPSA) is 33.5 Å². The Morgan fingerprint density at radius 1 is 1.35 bits per heavy atom. The van der Waals surface area contributed by atoms with E-state index in [-0.39, 0.29) is 17.8 Å². The molecule has 0 aliphatic carbocycles. The molecule has 0 aliphatic rings. The second kappa shape index (κ2) is 6.19. The summed E-state index contributed by atoms with van der Waals surface area (Å²) >= 11 is 0. The molecule has 1 aromatic carbocycles. The van der Waals surface area contributed by atoms with Crippen molar-refractivity contribution in [3.63, 3.8) is 0 Å². The predicted octanol–water partition coefficient (Wildman–Crippen LogP) is 3.65. The maximum Gasteiger partial charge on any atom is 0.246 e. The van der Waals surface area contributed by atoms with Crippen molar-refractivity contribution in [1.29, 1.82) is 0 Å². The van der Waals surface area contributed by atoms with Gasteiger partial charge in [0.1, 0.15) is 11.6 Å². The number of amides is 1. The first-order valence-corrected chi connectivity index (χ1v) is 6.32. The highest BCUT2D eigenvalue weighted by Crippen LogP contribution is 2.19. The van der Waals surface area contributed by atoms with Gasteiger partial charge >= 0.3 is 0 Å². The Morgan fingerprint density at radius 2 is 2.15 bits per heavy atom. The minimum atomic E-state index is -0.322. The van der Waals surface area contributed by atoms with Gasteiger partial charge in [-0.25, -0.2) is 4.39 Å². The summed E-state index contributed by atoms with van der Waals surface area (Å²) in [5.74, 6) is 0.232. The van der Waals surface area contributed by atoms with Crippen LogP contribution in [0.5, 0.6) is 0 Å². The summed E-state index contributed by atoms with van der Waals surface area (Å²) in [4.78, 5) is 13.6. The summed E-state index contributed by atoms with van der Waals surface area (Å²) in [6.07, 6.45) is 4.59. The Bertz CT molecular complexity index is 605. The number of halogens is 1. The Labute approximate surface area is 117 Å². The zero-order valence-corrected chi connectivity index (χ0v) is 11.4. The van der Waals surface area contributed by atoms with Crippen LogP contribution in [-0.4, -0.2) is 17.9 Å². The van der Waals surface area contributed by atoms with Crippen molar-refractivity contribution in [1.82, 2.24) is 4.90 Å². The Balaban J connectivity index is 2.04. The Morgan fingerprint density at radius 3 is 2.80 bits per heavy atom. The first-order chi connectivity index (χ1) is 9.58. The average molecular weight is 273 g/mol. The zero-order chi connectivity index (χ0) is 14.5. The molecule has 0 saturated heterocycles. The van der Waals surface area contributed by atoms with Crippen molar-refractivity contribution in [2.75, 3.05) is 7.05 Å². The van der Waals surface area contributed by atoms with E-state index in [1.165, 1.54) is 18.2 Å². The van der Waals surface area contributed by atoms with Gasteiger partial charge in [-0.05, 0) is 42.8 Å². The van der Waals surface area contributed by atoms with Gasteiger partial charge in [0.2, 0.25) is 5.91 Å². The fraction of sp³-hybridized carbons (Fsp3) is 0.188. The fourth-order valence-corrected chi connectivity index (χ4v) is 1.81. The number of hydrogen-bond donors (Lipinski definition) is 0. The lowest BCUT2D eigenvalue weighted by Crippen LogP contribution is -2.27. The van der Waals surface area contributed by atoms with E-state index in [2.05, 4.69) is 0 Å². The molecule has 4 heteroatoms. The highest BCUT2D eigenvalue weighted by atomic mass is 19.1. The summed E-state index contributed by atoms with van der Waals surface area (Å²) in [6.45, 7) is 1.88. The van der Waals surface area contributed by atoms with Crippen LogP contribution < -0.4 is 0 Å². The lowest BCUT2D eigenvalue weighted by molar-refractivity contribution is -0.126. The molecule has 2 aromatic rings. The third-order valence-electron chi connectivity index (χ3n) is 3.15. The lowest BCUT2D eigenvalue weighted by atomic mass is 10.2. The van der Waals surface area contributed by atoms with E-state index in [0.29, 0.717) is 5.56 Å². The molecular formula is C16H16FNO2. The van der Waals surface area contributed by atoms with E-state index in [0.717, 1.165) is 5.76 Å². The number of benzene rings is 1. The number of likely N-dealkylation sites (N-methyl/N-ethyl adjacent to an activating group) is 1. The van der Waals surface area contributed by atoms with Crippen LogP contribution in [0.15, 0.2) is 53.2 Å². The molecule has 20 heavy (non-hydrogen) atoms.